The number of rotatable bonds is 8. The predicted molar refractivity (Wildman–Crippen MR) is 141 cm³/mol. The van der Waals surface area contributed by atoms with Crippen LogP contribution in [0.4, 0.5) is 10.5 Å². The van der Waals surface area contributed by atoms with Crippen molar-refractivity contribution in [1.82, 2.24) is 14.7 Å². The summed E-state index contributed by atoms with van der Waals surface area (Å²) in [4.78, 5) is 26.0. The molecule has 5 rings (SSSR count). The number of piperidine rings is 1. The molecule has 0 saturated carbocycles. The van der Waals surface area contributed by atoms with E-state index in [0.717, 1.165) is 79.4 Å². The summed E-state index contributed by atoms with van der Waals surface area (Å²) in [5.41, 5.74) is 4.49. The first-order chi connectivity index (χ1) is 17.7. The van der Waals surface area contributed by atoms with E-state index in [-0.39, 0.29) is 6.10 Å². The van der Waals surface area contributed by atoms with Crippen molar-refractivity contribution < 1.29 is 14.3 Å². The van der Waals surface area contributed by atoms with Gasteiger partial charge in [0.1, 0.15) is 12.4 Å². The van der Waals surface area contributed by atoms with Gasteiger partial charge in [0.15, 0.2) is 0 Å². The van der Waals surface area contributed by atoms with E-state index in [1.54, 1.807) is 0 Å². The Morgan fingerprint density at radius 1 is 1.00 bits per heavy atom. The Bertz CT molecular complexity index is 1330. The molecule has 1 aromatic heterocycles. The molecule has 0 atom stereocenters. The standard InChI is InChI=1S/C29H30N4O3/c34-21-22-11-12-28-24(19-22)20-30-33(28)16-6-15-32-17-13-25(14-18-32)36-29(35)31-27-10-5-4-9-26(27)23-7-2-1-3-8-23/h1-5,7-12,19-21,25H,6,13-18H2,(H,31,35). The molecule has 1 N–H and O–H groups in total. The minimum atomic E-state index is -0.403. The summed E-state index contributed by atoms with van der Waals surface area (Å²) in [6.07, 6.45) is 4.83. The summed E-state index contributed by atoms with van der Waals surface area (Å²) < 4.78 is 7.75. The van der Waals surface area contributed by atoms with Crippen LogP contribution in [0.1, 0.15) is 29.6 Å². The molecule has 3 aromatic carbocycles. The van der Waals surface area contributed by atoms with E-state index in [4.69, 9.17) is 4.74 Å². The maximum absolute atomic E-state index is 12.6. The van der Waals surface area contributed by atoms with Gasteiger partial charge in [0.25, 0.3) is 0 Å². The van der Waals surface area contributed by atoms with Gasteiger partial charge in [0.05, 0.1) is 17.4 Å². The first-order valence-electron chi connectivity index (χ1n) is 12.4. The van der Waals surface area contributed by atoms with Crippen molar-refractivity contribution in [2.45, 2.75) is 31.9 Å². The number of anilines is 1. The van der Waals surface area contributed by atoms with Crippen molar-refractivity contribution in [3.8, 4) is 11.1 Å². The quantitative estimate of drug-likeness (QED) is 0.330. The van der Waals surface area contributed by atoms with Crippen LogP contribution < -0.4 is 5.32 Å². The summed E-state index contributed by atoms with van der Waals surface area (Å²) >= 11 is 0. The third-order valence-corrected chi connectivity index (χ3v) is 6.70. The van der Waals surface area contributed by atoms with Crippen molar-refractivity contribution in [3.05, 3.63) is 84.6 Å². The molecule has 1 fully saturated rings. The summed E-state index contributed by atoms with van der Waals surface area (Å²) in [7, 11) is 0. The van der Waals surface area contributed by atoms with Crippen molar-refractivity contribution in [2.24, 2.45) is 0 Å². The van der Waals surface area contributed by atoms with Crippen molar-refractivity contribution in [3.63, 3.8) is 0 Å². The molecule has 36 heavy (non-hydrogen) atoms. The number of aromatic nitrogens is 2. The van der Waals surface area contributed by atoms with Crippen LogP contribution in [0.25, 0.3) is 22.0 Å². The Labute approximate surface area is 210 Å². The van der Waals surface area contributed by atoms with Gasteiger partial charge < -0.3 is 9.64 Å². The Kier molecular flexibility index (Phi) is 7.38. The van der Waals surface area contributed by atoms with Crippen molar-refractivity contribution >= 4 is 29.0 Å². The summed E-state index contributed by atoms with van der Waals surface area (Å²) in [6, 6.07) is 23.4. The number of para-hydroxylation sites is 1. The van der Waals surface area contributed by atoms with Crippen LogP contribution in [0.3, 0.4) is 0 Å². The highest BCUT2D eigenvalue weighted by Crippen LogP contribution is 2.28. The second kappa shape index (κ2) is 11.2. The van der Waals surface area contributed by atoms with Crippen LogP contribution in [0.15, 0.2) is 79.0 Å². The Morgan fingerprint density at radius 3 is 2.58 bits per heavy atom. The monoisotopic (exact) mass is 482 g/mol. The fourth-order valence-corrected chi connectivity index (χ4v) is 4.80. The van der Waals surface area contributed by atoms with Gasteiger partial charge >= 0.3 is 6.09 Å². The fourth-order valence-electron chi connectivity index (χ4n) is 4.80. The fraction of sp³-hybridized carbons (Fsp3) is 0.276. The molecule has 2 heterocycles. The molecule has 1 aliphatic heterocycles. The number of amides is 1. The average Bonchev–Trinajstić information content (AvgIpc) is 3.32. The molecule has 7 nitrogen and oxygen atoms in total. The lowest BCUT2D eigenvalue weighted by Crippen LogP contribution is -2.39. The van der Waals surface area contributed by atoms with E-state index in [1.165, 1.54) is 0 Å². The molecule has 0 radical (unpaired) electrons. The molecule has 0 bridgehead atoms. The molecule has 1 aliphatic rings. The zero-order chi connectivity index (χ0) is 24.7. The molecular weight excluding hydrogens is 452 g/mol. The van der Waals surface area contributed by atoms with Crippen LogP contribution in [0.5, 0.6) is 0 Å². The number of hydrogen-bond acceptors (Lipinski definition) is 5. The summed E-state index contributed by atoms with van der Waals surface area (Å²) in [5.74, 6) is 0. The van der Waals surface area contributed by atoms with E-state index in [1.807, 2.05) is 83.7 Å². The third-order valence-electron chi connectivity index (χ3n) is 6.70. The van der Waals surface area contributed by atoms with Gasteiger partial charge in [-0.2, -0.15) is 5.10 Å². The van der Waals surface area contributed by atoms with Gasteiger partial charge in [-0.05, 0) is 55.6 Å². The van der Waals surface area contributed by atoms with Gasteiger partial charge in [-0.15, -0.1) is 0 Å². The van der Waals surface area contributed by atoms with E-state index >= 15 is 0 Å². The predicted octanol–water partition coefficient (Wildman–Crippen LogP) is 5.62. The largest absolute Gasteiger partial charge is 0.446 e. The number of likely N-dealkylation sites (tertiary alicyclic amines) is 1. The molecule has 1 saturated heterocycles. The number of aryl methyl sites for hydroxylation is 1. The van der Waals surface area contributed by atoms with Gasteiger partial charge in [0.2, 0.25) is 0 Å². The minimum absolute atomic E-state index is 0.0767. The first-order valence-corrected chi connectivity index (χ1v) is 12.4. The molecule has 184 valence electrons. The van der Waals surface area contributed by atoms with Gasteiger partial charge in [-0.25, -0.2) is 4.79 Å². The maximum atomic E-state index is 12.6. The number of fused-ring (bicyclic) bond motifs is 1. The van der Waals surface area contributed by atoms with Crippen LogP contribution in [-0.2, 0) is 11.3 Å². The Balaban J connectivity index is 1.07. The normalized spacial score (nSPS) is 14.6. The number of ether oxygens (including phenoxy) is 1. The van der Waals surface area contributed by atoms with Crippen LogP contribution in [-0.4, -0.2) is 52.8 Å². The van der Waals surface area contributed by atoms with Crippen molar-refractivity contribution in [2.75, 3.05) is 25.0 Å². The highest BCUT2D eigenvalue weighted by Gasteiger charge is 2.22. The third kappa shape index (κ3) is 5.63. The molecule has 0 spiro atoms. The molecule has 7 heteroatoms. The lowest BCUT2D eigenvalue weighted by Gasteiger charge is -2.31. The number of benzene rings is 3. The smallest absolute Gasteiger partial charge is 0.411 e. The average molecular weight is 483 g/mol. The molecule has 1 amide bonds. The zero-order valence-electron chi connectivity index (χ0n) is 20.2. The van der Waals surface area contributed by atoms with Crippen LogP contribution in [0.2, 0.25) is 0 Å². The van der Waals surface area contributed by atoms with Gasteiger partial charge in [0, 0.05) is 36.1 Å². The van der Waals surface area contributed by atoms with E-state index < -0.39 is 6.09 Å². The number of carbonyl (C=O) groups is 2. The topological polar surface area (TPSA) is 76.5 Å². The highest BCUT2D eigenvalue weighted by molar-refractivity contribution is 5.91. The number of aldehydes is 1. The summed E-state index contributed by atoms with van der Waals surface area (Å²) in [6.45, 7) is 3.60. The molecule has 0 unspecified atom stereocenters. The maximum Gasteiger partial charge on any atom is 0.411 e. The lowest BCUT2D eigenvalue weighted by molar-refractivity contribution is 0.0583. The zero-order valence-corrected chi connectivity index (χ0v) is 20.2. The second-order valence-corrected chi connectivity index (χ2v) is 9.14. The molecule has 4 aromatic rings. The number of nitrogens with one attached hydrogen (secondary N) is 1. The van der Waals surface area contributed by atoms with Crippen LogP contribution >= 0.6 is 0 Å². The number of nitrogens with zero attached hydrogens (tertiary/aromatic N) is 3. The van der Waals surface area contributed by atoms with E-state index in [0.29, 0.717) is 5.56 Å². The summed E-state index contributed by atoms with van der Waals surface area (Å²) in [5, 5.41) is 8.40. The molecular formula is C29H30N4O3. The Hall–Kier alpha value is -3.97. The highest BCUT2D eigenvalue weighted by atomic mass is 16.6. The lowest BCUT2D eigenvalue weighted by atomic mass is 10.0. The van der Waals surface area contributed by atoms with Gasteiger partial charge in [-0.3, -0.25) is 14.8 Å². The second-order valence-electron chi connectivity index (χ2n) is 9.14. The SMILES string of the molecule is O=Cc1ccc2c(cnn2CCCN2CCC(OC(=O)Nc3ccccc3-c3ccccc3)CC2)c1. The minimum Gasteiger partial charge on any atom is -0.446 e. The van der Waals surface area contributed by atoms with E-state index in [2.05, 4.69) is 15.3 Å². The number of hydrogen-bond donors (Lipinski definition) is 1. The number of carbonyl (C=O) groups excluding carboxylic acids is 2. The molecule has 0 aliphatic carbocycles. The Morgan fingerprint density at radius 2 is 1.78 bits per heavy atom. The van der Waals surface area contributed by atoms with Crippen LogP contribution in [0, 0.1) is 0 Å². The van der Waals surface area contributed by atoms with Gasteiger partial charge in [-0.1, -0.05) is 48.5 Å². The van der Waals surface area contributed by atoms with Crippen molar-refractivity contribution in [1.29, 1.82) is 0 Å². The first kappa shape index (κ1) is 23.8. The van der Waals surface area contributed by atoms with E-state index in [9.17, 15) is 9.59 Å².